The number of hydrogen-bond acceptors (Lipinski definition) is 1. The summed E-state index contributed by atoms with van der Waals surface area (Å²) in [6.45, 7) is 6.71. The fourth-order valence-electron chi connectivity index (χ4n) is 3.03. The first-order chi connectivity index (χ1) is 12.7. The van der Waals surface area contributed by atoms with Crippen molar-refractivity contribution in [3.63, 3.8) is 0 Å². The van der Waals surface area contributed by atoms with Crippen LogP contribution in [0.25, 0.3) is 11.1 Å². The number of aliphatic hydroxyl groups excluding tert-OH is 1. The molecule has 3 aromatic carbocycles. The van der Waals surface area contributed by atoms with Crippen LogP contribution in [0.2, 0.25) is 0 Å². The van der Waals surface area contributed by atoms with Crippen molar-refractivity contribution in [2.75, 3.05) is 6.61 Å². The van der Waals surface area contributed by atoms with Crippen LogP contribution in [0.1, 0.15) is 35.6 Å². The lowest BCUT2D eigenvalue weighted by molar-refractivity contribution is 0.299. The van der Waals surface area contributed by atoms with Crippen molar-refractivity contribution in [3.8, 4) is 11.1 Å². The average Bonchev–Trinajstić information content (AvgIpc) is 2.66. The van der Waals surface area contributed by atoms with Gasteiger partial charge in [-0.3, -0.25) is 0 Å². The SMILES string of the molecule is CCCc1ccccc1-c1ccccc1C.Cc1ccc(CCO)cc1. The van der Waals surface area contributed by atoms with E-state index in [2.05, 4.69) is 81.4 Å². The van der Waals surface area contributed by atoms with Gasteiger partial charge in [-0.05, 0) is 54.5 Å². The van der Waals surface area contributed by atoms with Crippen molar-refractivity contribution >= 4 is 0 Å². The van der Waals surface area contributed by atoms with Crippen LogP contribution in [-0.2, 0) is 12.8 Å². The van der Waals surface area contributed by atoms with E-state index >= 15 is 0 Å². The Morgan fingerprint density at radius 2 is 1.31 bits per heavy atom. The van der Waals surface area contributed by atoms with Crippen LogP contribution in [0.15, 0.2) is 72.8 Å². The monoisotopic (exact) mass is 346 g/mol. The summed E-state index contributed by atoms with van der Waals surface area (Å²) >= 11 is 0. The highest BCUT2D eigenvalue weighted by Gasteiger charge is 2.05. The van der Waals surface area contributed by atoms with E-state index in [1.54, 1.807) is 0 Å². The quantitative estimate of drug-likeness (QED) is 0.588. The van der Waals surface area contributed by atoms with Gasteiger partial charge < -0.3 is 5.11 Å². The minimum Gasteiger partial charge on any atom is -0.396 e. The molecular weight excluding hydrogens is 316 g/mol. The Kier molecular flexibility index (Phi) is 8.11. The first-order valence-electron chi connectivity index (χ1n) is 9.46. The molecule has 0 radical (unpaired) electrons. The van der Waals surface area contributed by atoms with Gasteiger partial charge in [0, 0.05) is 6.61 Å². The fraction of sp³-hybridized carbons (Fsp3) is 0.280. The summed E-state index contributed by atoms with van der Waals surface area (Å²) in [5.74, 6) is 0. The molecule has 0 aliphatic heterocycles. The summed E-state index contributed by atoms with van der Waals surface area (Å²) in [6.07, 6.45) is 3.12. The highest BCUT2D eigenvalue weighted by Crippen LogP contribution is 2.27. The van der Waals surface area contributed by atoms with Crippen molar-refractivity contribution in [1.82, 2.24) is 0 Å². The van der Waals surface area contributed by atoms with Gasteiger partial charge in [-0.2, -0.15) is 0 Å². The molecule has 3 aromatic rings. The molecule has 1 heteroatoms. The highest BCUT2D eigenvalue weighted by atomic mass is 16.2. The van der Waals surface area contributed by atoms with Crippen LogP contribution >= 0.6 is 0 Å². The number of aliphatic hydroxyl groups is 1. The Balaban J connectivity index is 0.000000209. The van der Waals surface area contributed by atoms with Crippen molar-refractivity contribution in [2.24, 2.45) is 0 Å². The van der Waals surface area contributed by atoms with Crippen molar-refractivity contribution in [1.29, 1.82) is 0 Å². The molecule has 0 fully saturated rings. The van der Waals surface area contributed by atoms with E-state index in [0.29, 0.717) is 0 Å². The lowest BCUT2D eigenvalue weighted by atomic mass is 9.94. The van der Waals surface area contributed by atoms with Crippen molar-refractivity contribution in [3.05, 3.63) is 95.1 Å². The van der Waals surface area contributed by atoms with Gasteiger partial charge in [0.1, 0.15) is 0 Å². The third kappa shape index (κ3) is 5.86. The second kappa shape index (κ2) is 10.6. The molecule has 136 valence electrons. The van der Waals surface area contributed by atoms with Gasteiger partial charge >= 0.3 is 0 Å². The number of aryl methyl sites for hydroxylation is 3. The predicted molar refractivity (Wildman–Crippen MR) is 113 cm³/mol. The first kappa shape index (κ1) is 19.9. The zero-order valence-corrected chi connectivity index (χ0v) is 16.2. The zero-order valence-electron chi connectivity index (χ0n) is 16.2. The molecule has 0 bridgehead atoms. The molecule has 1 N–H and O–H groups in total. The van der Waals surface area contributed by atoms with E-state index < -0.39 is 0 Å². The predicted octanol–water partition coefficient (Wildman–Crippen LogP) is 6.14. The summed E-state index contributed by atoms with van der Waals surface area (Å²) in [6, 6.07) is 25.5. The van der Waals surface area contributed by atoms with Gasteiger partial charge in [-0.1, -0.05) is 91.7 Å². The maximum Gasteiger partial charge on any atom is 0.0471 e. The van der Waals surface area contributed by atoms with E-state index in [-0.39, 0.29) is 6.61 Å². The third-order valence-corrected chi connectivity index (χ3v) is 4.49. The number of hydrogen-bond donors (Lipinski definition) is 1. The molecule has 0 heterocycles. The maximum absolute atomic E-state index is 8.59. The van der Waals surface area contributed by atoms with E-state index in [4.69, 9.17) is 5.11 Å². The first-order valence-corrected chi connectivity index (χ1v) is 9.46. The second-order valence-corrected chi connectivity index (χ2v) is 6.68. The van der Waals surface area contributed by atoms with Gasteiger partial charge in [-0.25, -0.2) is 0 Å². The minimum absolute atomic E-state index is 0.239. The highest BCUT2D eigenvalue weighted by molar-refractivity contribution is 5.70. The van der Waals surface area contributed by atoms with Crippen LogP contribution in [0.3, 0.4) is 0 Å². The van der Waals surface area contributed by atoms with Gasteiger partial charge in [-0.15, -0.1) is 0 Å². The number of rotatable bonds is 5. The summed E-state index contributed by atoms with van der Waals surface area (Å²) in [7, 11) is 0. The molecule has 0 aliphatic carbocycles. The zero-order chi connectivity index (χ0) is 18.8. The Labute approximate surface area is 158 Å². The average molecular weight is 347 g/mol. The summed E-state index contributed by atoms with van der Waals surface area (Å²) in [5.41, 5.74) is 8.04. The molecule has 0 aliphatic rings. The van der Waals surface area contributed by atoms with E-state index in [9.17, 15) is 0 Å². The molecule has 0 saturated carbocycles. The molecule has 26 heavy (non-hydrogen) atoms. The Morgan fingerprint density at radius 3 is 1.92 bits per heavy atom. The molecule has 0 aromatic heterocycles. The third-order valence-electron chi connectivity index (χ3n) is 4.49. The fourth-order valence-corrected chi connectivity index (χ4v) is 3.03. The number of benzene rings is 3. The smallest absolute Gasteiger partial charge is 0.0471 e. The molecule has 0 atom stereocenters. The van der Waals surface area contributed by atoms with Gasteiger partial charge in [0.25, 0.3) is 0 Å². The van der Waals surface area contributed by atoms with Gasteiger partial charge in [0.15, 0.2) is 0 Å². The molecule has 0 amide bonds. The molecule has 1 nitrogen and oxygen atoms in total. The van der Waals surface area contributed by atoms with E-state index in [1.165, 1.54) is 39.8 Å². The van der Waals surface area contributed by atoms with Crippen LogP contribution in [0.5, 0.6) is 0 Å². The maximum atomic E-state index is 8.59. The van der Waals surface area contributed by atoms with Crippen LogP contribution in [-0.4, -0.2) is 11.7 Å². The van der Waals surface area contributed by atoms with Crippen molar-refractivity contribution in [2.45, 2.75) is 40.0 Å². The lowest BCUT2D eigenvalue weighted by Gasteiger charge is -2.11. The molecule has 0 saturated heterocycles. The van der Waals surface area contributed by atoms with E-state index in [1.807, 2.05) is 12.1 Å². The molecule has 3 rings (SSSR count). The minimum atomic E-state index is 0.239. The van der Waals surface area contributed by atoms with Crippen LogP contribution < -0.4 is 0 Å². The Hall–Kier alpha value is -2.38. The topological polar surface area (TPSA) is 20.2 Å². The molecule has 0 unspecified atom stereocenters. The summed E-state index contributed by atoms with van der Waals surface area (Å²) in [4.78, 5) is 0. The van der Waals surface area contributed by atoms with E-state index in [0.717, 1.165) is 12.8 Å². The normalized spacial score (nSPS) is 10.2. The largest absolute Gasteiger partial charge is 0.396 e. The van der Waals surface area contributed by atoms with Crippen LogP contribution in [0.4, 0.5) is 0 Å². The summed E-state index contributed by atoms with van der Waals surface area (Å²) in [5, 5.41) is 8.59. The Bertz CT molecular complexity index is 787. The Morgan fingerprint density at radius 1 is 0.692 bits per heavy atom. The molecule has 0 spiro atoms. The lowest BCUT2D eigenvalue weighted by Crippen LogP contribution is -1.90. The van der Waals surface area contributed by atoms with Gasteiger partial charge in [0.05, 0.1) is 0 Å². The summed E-state index contributed by atoms with van der Waals surface area (Å²) < 4.78 is 0. The van der Waals surface area contributed by atoms with Crippen LogP contribution in [0, 0.1) is 13.8 Å². The standard InChI is InChI=1S/C16H18.C9H12O/c1-3-8-14-10-5-7-12-16(14)15-11-6-4-9-13(15)2;1-8-2-4-9(5-3-8)6-7-10/h4-7,9-12H,3,8H2,1-2H3;2-5,10H,6-7H2,1H3. The van der Waals surface area contributed by atoms with Crippen molar-refractivity contribution < 1.29 is 5.11 Å². The second-order valence-electron chi connectivity index (χ2n) is 6.68. The molecular formula is C25H30O. The van der Waals surface area contributed by atoms with Gasteiger partial charge in [0.2, 0.25) is 0 Å².